The fraction of sp³-hybridized carbons (Fsp3) is 0.158. The van der Waals surface area contributed by atoms with E-state index in [2.05, 4.69) is 21.3 Å². The van der Waals surface area contributed by atoms with Crippen molar-refractivity contribution in [1.29, 1.82) is 0 Å². The molecule has 0 fully saturated rings. The molecule has 2 aromatic rings. The maximum atomic E-state index is 12.3. The molecule has 0 heterocycles. The minimum absolute atomic E-state index is 0.0605. The van der Waals surface area contributed by atoms with Crippen LogP contribution in [0.15, 0.2) is 42.5 Å². The van der Waals surface area contributed by atoms with Gasteiger partial charge < -0.3 is 16.0 Å². The van der Waals surface area contributed by atoms with Crippen molar-refractivity contribution >= 4 is 63.5 Å². The third-order valence-corrected chi connectivity index (χ3v) is 4.27. The van der Waals surface area contributed by atoms with Gasteiger partial charge in [0.25, 0.3) is 11.6 Å². The molecular formula is C19H19N5O4S2. The van der Waals surface area contributed by atoms with Gasteiger partial charge in [-0.1, -0.05) is 6.92 Å². The fourth-order valence-corrected chi connectivity index (χ4v) is 2.80. The molecule has 0 atom stereocenters. The summed E-state index contributed by atoms with van der Waals surface area (Å²) in [6.45, 7) is 3.28. The Balaban J connectivity index is 1.92. The van der Waals surface area contributed by atoms with Gasteiger partial charge in [0.05, 0.1) is 4.92 Å². The quantitative estimate of drug-likeness (QED) is 0.314. The zero-order valence-corrected chi connectivity index (χ0v) is 17.8. The van der Waals surface area contributed by atoms with Gasteiger partial charge in [0.2, 0.25) is 5.91 Å². The Morgan fingerprint density at radius 3 is 1.97 bits per heavy atom. The minimum Gasteiger partial charge on any atom is -0.332 e. The van der Waals surface area contributed by atoms with Crippen molar-refractivity contribution in [2.45, 2.75) is 20.3 Å². The average molecular weight is 446 g/mol. The maximum absolute atomic E-state index is 12.3. The summed E-state index contributed by atoms with van der Waals surface area (Å²) in [4.78, 5) is 34.0. The number of benzene rings is 2. The van der Waals surface area contributed by atoms with Crippen molar-refractivity contribution in [3.05, 3.63) is 63.7 Å². The summed E-state index contributed by atoms with van der Waals surface area (Å²) in [7, 11) is 0. The zero-order valence-electron chi connectivity index (χ0n) is 16.1. The predicted molar refractivity (Wildman–Crippen MR) is 123 cm³/mol. The molecule has 9 nitrogen and oxygen atoms in total. The van der Waals surface area contributed by atoms with Gasteiger partial charge in [0, 0.05) is 35.0 Å². The molecular weight excluding hydrogens is 426 g/mol. The molecule has 0 spiro atoms. The first-order valence-electron chi connectivity index (χ1n) is 8.78. The number of aryl methyl sites for hydroxylation is 1. The minimum atomic E-state index is -0.508. The summed E-state index contributed by atoms with van der Waals surface area (Å²) in [5, 5.41) is 22.0. The molecule has 0 aliphatic rings. The summed E-state index contributed by atoms with van der Waals surface area (Å²) in [6.07, 6.45) is 0.327. The van der Waals surface area contributed by atoms with Crippen LogP contribution in [-0.2, 0) is 4.79 Å². The van der Waals surface area contributed by atoms with Gasteiger partial charge >= 0.3 is 0 Å². The maximum Gasteiger partial charge on any atom is 0.272 e. The lowest BCUT2D eigenvalue weighted by Gasteiger charge is -2.12. The van der Waals surface area contributed by atoms with Gasteiger partial charge in [-0.3, -0.25) is 25.0 Å². The lowest BCUT2D eigenvalue weighted by molar-refractivity contribution is -0.385. The Labute approximate surface area is 183 Å². The van der Waals surface area contributed by atoms with Crippen LogP contribution in [0.4, 0.5) is 17.1 Å². The molecule has 2 amide bonds. The number of nitro benzene ring substituents is 1. The number of amides is 2. The Kier molecular flexibility index (Phi) is 7.90. The van der Waals surface area contributed by atoms with Crippen molar-refractivity contribution in [3.63, 3.8) is 0 Å². The highest BCUT2D eigenvalue weighted by atomic mass is 32.1. The Hall–Kier alpha value is -3.44. The molecule has 0 aliphatic carbocycles. The topological polar surface area (TPSA) is 125 Å². The number of carbonyl (C=O) groups excluding carboxylic acids is 2. The summed E-state index contributed by atoms with van der Waals surface area (Å²) >= 11 is 10.2. The van der Waals surface area contributed by atoms with E-state index in [1.807, 2.05) is 0 Å². The largest absolute Gasteiger partial charge is 0.332 e. The lowest BCUT2D eigenvalue weighted by Crippen LogP contribution is -2.34. The number of rotatable bonds is 5. The number of nitro groups is 1. The number of hydrogen-bond donors (Lipinski definition) is 4. The summed E-state index contributed by atoms with van der Waals surface area (Å²) < 4.78 is 0. The van der Waals surface area contributed by atoms with Crippen LogP contribution in [0.3, 0.4) is 0 Å². The first-order valence-corrected chi connectivity index (χ1v) is 9.59. The molecule has 0 aliphatic heterocycles. The molecule has 0 radical (unpaired) electrons. The van der Waals surface area contributed by atoms with Crippen molar-refractivity contribution in [2.75, 3.05) is 10.6 Å². The van der Waals surface area contributed by atoms with E-state index in [1.54, 1.807) is 38.1 Å². The first kappa shape index (κ1) is 22.8. The van der Waals surface area contributed by atoms with Gasteiger partial charge in [-0.15, -0.1) is 0 Å². The van der Waals surface area contributed by atoms with E-state index in [4.69, 9.17) is 24.4 Å². The van der Waals surface area contributed by atoms with E-state index in [1.165, 1.54) is 18.2 Å². The van der Waals surface area contributed by atoms with Crippen LogP contribution in [0, 0.1) is 17.0 Å². The molecule has 0 aromatic heterocycles. The first-order chi connectivity index (χ1) is 14.2. The SMILES string of the molecule is CCC(=O)NC(=S)Nc1ccc(NC(=S)NC(=O)c2ccc([N+](=O)[O-])c(C)c2)cc1. The third kappa shape index (κ3) is 6.57. The molecule has 2 rings (SSSR count). The van der Waals surface area contributed by atoms with Crippen molar-refractivity contribution in [3.8, 4) is 0 Å². The second-order valence-electron chi connectivity index (χ2n) is 6.10. The Morgan fingerprint density at radius 1 is 0.967 bits per heavy atom. The standard InChI is InChI=1S/C19H19N5O4S2/c1-3-16(25)22-18(29)20-13-5-7-14(8-6-13)21-19(30)23-17(26)12-4-9-15(24(27)28)11(2)10-12/h4-10H,3H2,1-2H3,(H2,20,22,25,29)(H2,21,23,26,30). The van der Waals surface area contributed by atoms with Crippen molar-refractivity contribution in [2.24, 2.45) is 0 Å². The molecule has 11 heteroatoms. The summed E-state index contributed by atoms with van der Waals surface area (Å²) in [5.74, 6) is -0.670. The molecule has 4 N–H and O–H groups in total. The smallest absolute Gasteiger partial charge is 0.272 e. The normalized spacial score (nSPS) is 9.93. The van der Waals surface area contributed by atoms with Crippen LogP contribution < -0.4 is 21.3 Å². The molecule has 0 unspecified atom stereocenters. The van der Waals surface area contributed by atoms with Crippen LogP contribution >= 0.6 is 24.4 Å². The molecule has 0 saturated carbocycles. The average Bonchev–Trinajstić information content (AvgIpc) is 2.68. The monoisotopic (exact) mass is 445 g/mol. The summed E-state index contributed by atoms with van der Waals surface area (Å²) in [6, 6.07) is 10.9. The highest BCUT2D eigenvalue weighted by molar-refractivity contribution is 7.80. The van der Waals surface area contributed by atoms with Gasteiger partial charge in [0.15, 0.2) is 10.2 Å². The number of hydrogen-bond acceptors (Lipinski definition) is 6. The highest BCUT2D eigenvalue weighted by Crippen LogP contribution is 2.19. The lowest BCUT2D eigenvalue weighted by atomic mass is 10.1. The number of anilines is 2. The molecule has 30 heavy (non-hydrogen) atoms. The molecule has 0 bridgehead atoms. The van der Waals surface area contributed by atoms with E-state index >= 15 is 0 Å². The van der Waals surface area contributed by atoms with E-state index in [-0.39, 0.29) is 27.4 Å². The Morgan fingerprint density at radius 2 is 1.50 bits per heavy atom. The number of thiocarbonyl (C=S) groups is 2. The number of nitrogens with zero attached hydrogens (tertiary/aromatic N) is 1. The molecule has 0 saturated heterocycles. The van der Waals surface area contributed by atoms with Gasteiger partial charge in [-0.05, 0) is 67.8 Å². The van der Waals surface area contributed by atoms with Gasteiger partial charge in [0.1, 0.15) is 0 Å². The van der Waals surface area contributed by atoms with Gasteiger partial charge in [-0.2, -0.15) is 0 Å². The second kappa shape index (κ2) is 10.4. The molecule has 156 valence electrons. The predicted octanol–water partition coefficient (Wildman–Crippen LogP) is 3.25. The van der Waals surface area contributed by atoms with Crippen LogP contribution in [0.2, 0.25) is 0 Å². The number of carbonyl (C=O) groups is 2. The van der Waals surface area contributed by atoms with Crippen LogP contribution in [0.25, 0.3) is 0 Å². The van der Waals surface area contributed by atoms with E-state index in [0.29, 0.717) is 23.4 Å². The summed E-state index contributed by atoms with van der Waals surface area (Å²) in [5.41, 5.74) is 1.86. The van der Waals surface area contributed by atoms with E-state index in [0.717, 1.165) is 0 Å². The number of nitrogens with one attached hydrogen (secondary N) is 4. The fourth-order valence-electron chi connectivity index (χ4n) is 2.35. The van der Waals surface area contributed by atoms with Gasteiger partial charge in [-0.25, -0.2) is 0 Å². The Bertz CT molecular complexity index is 1010. The van der Waals surface area contributed by atoms with E-state index in [9.17, 15) is 19.7 Å². The van der Waals surface area contributed by atoms with Crippen LogP contribution in [0.1, 0.15) is 29.3 Å². The van der Waals surface area contributed by atoms with E-state index < -0.39 is 10.8 Å². The van der Waals surface area contributed by atoms with Crippen molar-refractivity contribution in [1.82, 2.24) is 10.6 Å². The highest BCUT2D eigenvalue weighted by Gasteiger charge is 2.14. The van der Waals surface area contributed by atoms with Crippen LogP contribution in [-0.4, -0.2) is 27.0 Å². The zero-order chi connectivity index (χ0) is 22.3. The third-order valence-electron chi connectivity index (χ3n) is 3.86. The van der Waals surface area contributed by atoms with Crippen molar-refractivity contribution < 1.29 is 14.5 Å². The molecule has 2 aromatic carbocycles. The van der Waals surface area contributed by atoms with Crippen LogP contribution in [0.5, 0.6) is 0 Å². The second-order valence-corrected chi connectivity index (χ2v) is 6.92.